The maximum Gasteiger partial charge on any atom is 0.191 e. The topological polar surface area (TPSA) is 72.7 Å². The van der Waals surface area contributed by atoms with Crippen molar-refractivity contribution < 1.29 is 9.47 Å². The molecule has 0 amide bonds. The fourth-order valence-electron chi connectivity index (χ4n) is 3.66. The minimum Gasteiger partial charge on any atom is -0.491 e. The molecule has 7 heteroatoms. The van der Waals surface area contributed by atoms with E-state index < -0.39 is 0 Å². The van der Waals surface area contributed by atoms with Gasteiger partial charge in [0.15, 0.2) is 5.96 Å². The number of aromatic nitrogens is 2. The van der Waals surface area contributed by atoms with E-state index in [2.05, 4.69) is 45.8 Å². The summed E-state index contributed by atoms with van der Waals surface area (Å²) >= 11 is 0. The second-order valence-electron chi connectivity index (χ2n) is 7.97. The molecule has 32 heavy (non-hydrogen) atoms. The Labute approximate surface area is 189 Å². The number of rotatable bonds is 8. The van der Waals surface area contributed by atoms with Crippen LogP contribution in [-0.4, -0.2) is 42.1 Å². The number of ether oxygens (including phenoxy) is 2. The van der Waals surface area contributed by atoms with Crippen molar-refractivity contribution in [2.45, 2.75) is 39.0 Å². The van der Waals surface area contributed by atoms with Gasteiger partial charge in [-0.2, -0.15) is 5.10 Å². The monoisotopic (exact) mass is 433 g/mol. The summed E-state index contributed by atoms with van der Waals surface area (Å²) in [5.74, 6) is 1.62. The molecule has 1 fully saturated rings. The average Bonchev–Trinajstić information content (AvgIpc) is 3.52. The van der Waals surface area contributed by atoms with Crippen LogP contribution in [0.4, 0.5) is 0 Å². The van der Waals surface area contributed by atoms with Gasteiger partial charge < -0.3 is 20.1 Å². The lowest BCUT2D eigenvalue weighted by Gasteiger charge is -2.17. The van der Waals surface area contributed by atoms with Crippen molar-refractivity contribution in [3.63, 3.8) is 0 Å². The van der Waals surface area contributed by atoms with Crippen LogP contribution in [0.25, 0.3) is 5.69 Å². The van der Waals surface area contributed by atoms with Gasteiger partial charge in [-0.1, -0.05) is 30.3 Å². The Bertz CT molecular complexity index is 1030. The second kappa shape index (κ2) is 10.8. The first-order chi connectivity index (χ1) is 15.7. The molecule has 2 heterocycles. The third kappa shape index (κ3) is 5.88. The highest BCUT2D eigenvalue weighted by Crippen LogP contribution is 2.22. The molecule has 0 saturated carbocycles. The highest BCUT2D eigenvalue weighted by atomic mass is 16.5. The minimum absolute atomic E-state index is 0.197. The zero-order valence-corrected chi connectivity index (χ0v) is 18.8. The Balaban J connectivity index is 1.31. The summed E-state index contributed by atoms with van der Waals surface area (Å²) < 4.78 is 13.7. The summed E-state index contributed by atoms with van der Waals surface area (Å²) in [7, 11) is 1.77. The fraction of sp³-hybridized carbons (Fsp3) is 0.360. The normalized spacial score (nSPS) is 16.2. The lowest BCUT2D eigenvalue weighted by Crippen LogP contribution is -2.36. The van der Waals surface area contributed by atoms with Crippen LogP contribution in [0.15, 0.2) is 65.9 Å². The van der Waals surface area contributed by atoms with Crippen molar-refractivity contribution in [3.05, 3.63) is 77.6 Å². The molecule has 1 aromatic heterocycles. The van der Waals surface area contributed by atoms with Crippen LogP contribution in [0, 0.1) is 6.92 Å². The predicted molar refractivity (Wildman–Crippen MR) is 126 cm³/mol. The summed E-state index contributed by atoms with van der Waals surface area (Å²) in [6, 6.07) is 16.4. The molecule has 0 bridgehead atoms. The zero-order valence-electron chi connectivity index (χ0n) is 18.8. The lowest BCUT2D eigenvalue weighted by atomic mass is 10.1. The number of para-hydroxylation sites is 1. The molecule has 7 nitrogen and oxygen atoms in total. The Hall–Kier alpha value is -3.32. The van der Waals surface area contributed by atoms with Gasteiger partial charge in [-0.25, -0.2) is 4.68 Å². The Kier molecular flexibility index (Phi) is 7.40. The first kappa shape index (κ1) is 21.9. The number of benzene rings is 2. The maximum atomic E-state index is 6.11. The Morgan fingerprint density at radius 1 is 1.19 bits per heavy atom. The van der Waals surface area contributed by atoms with Gasteiger partial charge in [0.1, 0.15) is 12.4 Å². The lowest BCUT2D eigenvalue weighted by molar-refractivity contribution is 0.0676. The van der Waals surface area contributed by atoms with Crippen LogP contribution in [0.5, 0.6) is 5.75 Å². The zero-order chi connectivity index (χ0) is 22.2. The molecule has 2 aromatic carbocycles. The SMILES string of the molecule is CN=C(NCc1cnn(-c2ccccc2)c1)NCc1ccc(C)cc1OCC1CCCO1. The molecule has 0 radical (unpaired) electrons. The van der Waals surface area contributed by atoms with Crippen molar-refractivity contribution in [3.8, 4) is 11.4 Å². The number of guanidine groups is 1. The molecule has 4 rings (SSSR count). The largest absolute Gasteiger partial charge is 0.491 e. The fourth-order valence-corrected chi connectivity index (χ4v) is 3.66. The molecular weight excluding hydrogens is 402 g/mol. The van der Waals surface area contributed by atoms with E-state index in [9.17, 15) is 0 Å². The smallest absolute Gasteiger partial charge is 0.191 e. The van der Waals surface area contributed by atoms with E-state index in [-0.39, 0.29) is 6.10 Å². The summed E-state index contributed by atoms with van der Waals surface area (Å²) in [6.07, 6.45) is 6.26. The van der Waals surface area contributed by atoms with Gasteiger partial charge in [0, 0.05) is 44.1 Å². The van der Waals surface area contributed by atoms with E-state index in [4.69, 9.17) is 9.47 Å². The van der Waals surface area contributed by atoms with E-state index in [1.807, 2.05) is 47.4 Å². The van der Waals surface area contributed by atoms with Crippen LogP contribution < -0.4 is 15.4 Å². The minimum atomic E-state index is 0.197. The van der Waals surface area contributed by atoms with Crippen LogP contribution in [0.1, 0.15) is 29.5 Å². The molecular formula is C25H31N5O2. The molecule has 0 aliphatic carbocycles. The summed E-state index contributed by atoms with van der Waals surface area (Å²) in [5, 5.41) is 11.2. The second-order valence-corrected chi connectivity index (χ2v) is 7.97. The molecule has 168 valence electrons. The van der Waals surface area contributed by atoms with Crippen molar-refractivity contribution in [1.82, 2.24) is 20.4 Å². The van der Waals surface area contributed by atoms with Gasteiger partial charge in [-0.3, -0.25) is 4.99 Å². The van der Waals surface area contributed by atoms with E-state index >= 15 is 0 Å². The number of nitrogens with zero attached hydrogens (tertiary/aromatic N) is 3. The van der Waals surface area contributed by atoms with E-state index in [0.717, 1.165) is 48.0 Å². The third-order valence-corrected chi connectivity index (χ3v) is 5.46. The molecule has 1 aliphatic heterocycles. The molecule has 2 N–H and O–H groups in total. The Morgan fingerprint density at radius 2 is 2.03 bits per heavy atom. The molecule has 1 atom stereocenters. The van der Waals surface area contributed by atoms with E-state index in [1.54, 1.807) is 7.05 Å². The average molecular weight is 434 g/mol. The van der Waals surface area contributed by atoms with Gasteiger partial charge in [-0.05, 0) is 43.5 Å². The van der Waals surface area contributed by atoms with Gasteiger partial charge in [0.25, 0.3) is 0 Å². The van der Waals surface area contributed by atoms with Gasteiger partial charge in [0.05, 0.1) is 18.0 Å². The van der Waals surface area contributed by atoms with Crippen LogP contribution in [0.2, 0.25) is 0 Å². The molecule has 0 spiro atoms. The van der Waals surface area contributed by atoms with Gasteiger partial charge in [-0.15, -0.1) is 0 Å². The number of nitrogens with one attached hydrogen (secondary N) is 2. The summed E-state index contributed by atoms with van der Waals surface area (Å²) in [6.45, 7) is 4.75. The standard InChI is InChI=1S/C25H31N5O2/c1-19-10-11-21(24(13-19)32-18-23-9-6-12-31-23)16-28-25(26-2)27-14-20-15-29-30(17-20)22-7-4-3-5-8-22/h3-5,7-8,10-11,13,15,17,23H,6,9,12,14,16,18H2,1-2H3,(H2,26,27,28). The van der Waals surface area contributed by atoms with Crippen LogP contribution in [-0.2, 0) is 17.8 Å². The van der Waals surface area contributed by atoms with Crippen molar-refractivity contribution in [1.29, 1.82) is 0 Å². The molecule has 3 aromatic rings. The third-order valence-electron chi connectivity index (χ3n) is 5.46. The highest BCUT2D eigenvalue weighted by molar-refractivity contribution is 5.79. The number of aliphatic imine (C=N–C) groups is 1. The van der Waals surface area contributed by atoms with Gasteiger partial charge >= 0.3 is 0 Å². The molecule has 1 aliphatic rings. The van der Waals surface area contributed by atoms with Crippen LogP contribution in [0.3, 0.4) is 0 Å². The first-order valence-electron chi connectivity index (χ1n) is 11.1. The van der Waals surface area contributed by atoms with Crippen molar-refractivity contribution in [2.24, 2.45) is 4.99 Å². The van der Waals surface area contributed by atoms with Crippen molar-refractivity contribution in [2.75, 3.05) is 20.3 Å². The van der Waals surface area contributed by atoms with Crippen LogP contribution >= 0.6 is 0 Å². The first-order valence-corrected chi connectivity index (χ1v) is 11.1. The number of aryl methyl sites for hydroxylation is 1. The summed E-state index contributed by atoms with van der Waals surface area (Å²) in [4.78, 5) is 4.35. The molecule has 1 unspecified atom stereocenters. The number of hydrogen-bond donors (Lipinski definition) is 2. The summed E-state index contributed by atoms with van der Waals surface area (Å²) in [5.41, 5.74) is 4.38. The van der Waals surface area contributed by atoms with Crippen molar-refractivity contribution >= 4 is 5.96 Å². The predicted octanol–water partition coefficient (Wildman–Crippen LogP) is 3.60. The molecule has 1 saturated heterocycles. The highest BCUT2D eigenvalue weighted by Gasteiger charge is 2.17. The Morgan fingerprint density at radius 3 is 2.81 bits per heavy atom. The maximum absolute atomic E-state index is 6.11. The quantitative estimate of drug-likeness (QED) is 0.419. The van der Waals surface area contributed by atoms with E-state index in [1.165, 1.54) is 5.56 Å². The number of hydrogen-bond acceptors (Lipinski definition) is 4. The van der Waals surface area contributed by atoms with E-state index in [0.29, 0.717) is 19.7 Å². The van der Waals surface area contributed by atoms with Gasteiger partial charge in [0.2, 0.25) is 0 Å².